The molecule has 1 saturated heterocycles. The predicted octanol–water partition coefficient (Wildman–Crippen LogP) is 3.60. The standard InChI is InChI=1S/C20H18BrN3O2/c21-12-7-16(18-11-22-23-19(18)8-12)14-1-2-15-17(14)9-13(10-20(15)25)24-3-5-26-6-4-24/h1,7-8,10-11H,2-6,9H2,(H,22,23). The highest BCUT2D eigenvalue weighted by Gasteiger charge is 2.30. The first-order valence-electron chi connectivity index (χ1n) is 8.84. The van der Waals surface area contributed by atoms with Gasteiger partial charge in [0.15, 0.2) is 5.78 Å². The van der Waals surface area contributed by atoms with Crippen molar-refractivity contribution in [2.24, 2.45) is 0 Å². The number of H-pyrrole nitrogens is 1. The summed E-state index contributed by atoms with van der Waals surface area (Å²) in [6, 6.07) is 4.15. The second-order valence-electron chi connectivity index (χ2n) is 6.84. The minimum absolute atomic E-state index is 0.150. The summed E-state index contributed by atoms with van der Waals surface area (Å²) in [7, 11) is 0. The molecule has 2 aliphatic carbocycles. The van der Waals surface area contributed by atoms with Gasteiger partial charge in [0.25, 0.3) is 0 Å². The summed E-state index contributed by atoms with van der Waals surface area (Å²) in [6.45, 7) is 3.15. The molecule has 5 nitrogen and oxygen atoms in total. The van der Waals surface area contributed by atoms with Crippen LogP contribution in [0.25, 0.3) is 16.5 Å². The number of carbonyl (C=O) groups excluding carboxylic acids is 1. The van der Waals surface area contributed by atoms with E-state index >= 15 is 0 Å². The van der Waals surface area contributed by atoms with Crippen LogP contribution in [0.1, 0.15) is 18.4 Å². The van der Waals surface area contributed by atoms with Gasteiger partial charge in [0.2, 0.25) is 0 Å². The van der Waals surface area contributed by atoms with Crippen molar-refractivity contribution in [3.05, 3.63) is 57.4 Å². The van der Waals surface area contributed by atoms with E-state index in [0.29, 0.717) is 6.42 Å². The number of hydrogen-bond acceptors (Lipinski definition) is 4. The predicted molar refractivity (Wildman–Crippen MR) is 104 cm³/mol. The van der Waals surface area contributed by atoms with Crippen molar-refractivity contribution in [1.29, 1.82) is 0 Å². The third-order valence-corrected chi connectivity index (χ3v) is 5.84. The molecule has 5 rings (SSSR count). The fourth-order valence-electron chi connectivity index (χ4n) is 4.10. The minimum Gasteiger partial charge on any atom is -0.378 e. The number of fused-ring (bicyclic) bond motifs is 1. The van der Waals surface area contributed by atoms with E-state index in [1.807, 2.05) is 18.3 Å². The normalized spacial score (nSPS) is 20.5. The van der Waals surface area contributed by atoms with Gasteiger partial charge in [-0.05, 0) is 35.3 Å². The SMILES string of the molecule is O=C1C=C(N2CCOCC2)CC2=C1CC=C2c1cc(Br)cc2[nH]ncc12. The van der Waals surface area contributed by atoms with E-state index in [1.165, 1.54) is 11.1 Å². The van der Waals surface area contributed by atoms with Gasteiger partial charge in [0, 0.05) is 46.7 Å². The molecule has 0 saturated carbocycles. The summed E-state index contributed by atoms with van der Waals surface area (Å²) in [5, 5.41) is 8.32. The number of halogens is 1. The zero-order valence-electron chi connectivity index (χ0n) is 14.2. The molecule has 0 atom stereocenters. The number of nitrogens with one attached hydrogen (secondary N) is 1. The summed E-state index contributed by atoms with van der Waals surface area (Å²) in [5.41, 5.74) is 6.51. The smallest absolute Gasteiger partial charge is 0.184 e. The maximum absolute atomic E-state index is 12.7. The van der Waals surface area contributed by atoms with Crippen LogP contribution in [0.4, 0.5) is 0 Å². The van der Waals surface area contributed by atoms with Crippen molar-refractivity contribution in [2.45, 2.75) is 12.8 Å². The molecule has 1 aromatic carbocycles. The molecule has 3 aliphatic rings. The molecule has 1 aromatic heterocycles. The molecule has 1 fully saturated rings. The number of benzene rings is 1. The van der Waals surface area contributed by atoms with Gasteiger partial charge in [0.05, 0.1) is 24.9 Å². The van der Waals surface area contributed by atoms with Crippen LogP contribution in [0.2, 0.25) is 0 Å². The van der Waals surface area contributed by atoms with Crippen LogP contribution in [0.3, 0.4) is 0 Å². The first kappa shape index (κ1) is 16.0. The van der Waals surface area contributed by atoms with Crippen LogP contribution in [0.5, 0.6) is 0 Å². The van der Waals surface area contributed by atoms with Crippen molar-refractivity contribution in [1.82, 2.24) is 15.1 Å². The van der Waals surface area contributed by atoms with Crippen LogP contribution in [-0.4, -0.2) is 47.2 Å². The number of aromatic amines is 1. The molecule has 1 N–H and O–H groups in total. The molecule has 0 bridgehead atoms. The number of allylic oxidation sites excluding steroid dienone is 5. The van der Waals surface area contributed by atoms with Crippen molar-refractivity contribution >= 4 is 38.2 Å². The van der Waals surface area contributed by atoms with Crippen LogP contribution in [-0.2, 0) is 9.53 Å². The Morgan fingerprint density at radius 2 is 2.04 bits per heavy atom. The van der Waals surface area contributed by atoms with Gasteiger partial charge in [0.1, 0.15) is 0 Å². The molecule has 0 radical (unpaired) electrons. The number of carbonyl (C=O) groups is 1. The van der Waals surface area contributed by atoms with Crippen molar-refractivity contribution in [3.63, 3.8) is 0 Å². The molecule has 2 aromatic rings. The summed E-state index contributed by atoms with van der Waals surface area (Å²) in [4.78, 5) is 15.0. The Bertz CT molecular complexity index is 1010. The lowest BCUT2D eigenvalue weighted by Gasteiger charge is -2.33. The molecule has 1 aliphatic heterocycles. The summed E-state index contributed by atoms with van der Waals surface area (Å²) < 4.78 is 6.46. The van der Waals surface area contributed by atoms with E-state index < -0.39 is 0 Å². The second kappa shape index (κ2) is 6.21. The number of nitrogens with zero attached hydrogens (tertiary/aromatic N) is 2. The van der Waals surface area contributed by atoms with Crippen molar-refractivity contribution < 1.29 is 9.53 Å². The molecule has 26 heavy (non-hydrogen) atoms. The average Bonchev–Trinajstić information content (AvgIpc) is 3.28. The number of ether oxygens (including phenoxy) is 1. The third-order valence-electron chi connectivity index (χ3n) is 5.38. The largest absolute Gasteiger partial charge is 0.378 e. The van der Waals surface area contributed by atoms with Crippen molar-refractivity contribution in [3.8, 4) is 0 Å². The molecule has 2 heterocycles. The van der Waals surface area contributed by atoms with Gasteiger partial charge in [-0.3, -0.25) is 9.89 Å². The van der Waals surface area contributed by atoms with Gasteiger partial charge in [-0.25, -0.2) is 0 Å². The van der Waals surface area contributed by atoms with E-state index in [2.05, 4.69) is 43.2 Å². The molecule has 0 amide bonds. The van der Waals surface area contributed by atoms with Gasteiger partial charge < -0.3 is 9.64 Å². The zero-order valence-corrected chi connectivity index (χ0v) is 15.8. The highest BCUT2D eigenvalue weighted by Crippen LogP contribution is 2.43. The van der Waals surface area contributed by atoms with Crippen LogP contribution in [0.15, 0.2) is 51.8 Å². The van der Waals surface area contributed by atoms with Crippen LogP contribution >= 0.6 is 15.9 Å². The van der Waals surface area contributed by atoms with E-state index in [9.17, 15) is 4.79 Å². The maximum Gasteiger partial charge on any atom is 0.184 e. The minimum atomic E-state index is 0.150. The fraction of sp³-hybridized carbons (Fsp3) is 0.300. The Hall–Kier alpha value is -2.18. The number of hydrogen-bond donors (Lipinski definition) is 1. The Labute approximate surface area is 159 Å². The Morgan fingerprint density at radius 3 is 2.88 bits per heavy atom. The molecular formula is C20H18BrN3O2. The topological polar surface area (TPSA) is 58.2 Å². The molecule has 0 spiro atoms. The maximum atomic E-state index is 12.7. The van der Waals surface area contributed by atoms with E-state index in [0.717, 1.165) is 64.9 Å². The number of aromatic nitrogens is 2. The zero-order chi connectivity index (χ0) is 17.7. The molecular weight excluding hydrogens is 394 g/mol. The highest BCUT2D eigenvalue weighted by molar-refractivity contribution is 9.10. The van der Waals surface area contributed by atoms with E-state index in [4.69, 9.17) is 4.74 Å². The summed E-state index contributed by atoms with van der Waals surface area (Å²) in [6.07, 6.45) is 7.39. The lowest BCUT2D eigenvalue weighted by molar-refractivity contribution is -0.111. The van der Waals surface area contributed by atoms with Crippen LogP contribution in [0, 0.1) is 0 Å². The van der Waals surface area contributed by atoms with Crippen LogP contribution < -0.4 is 0 Å². The number of morpholine rings is 1. The number of rotatable bonds is 2. The van der Waals surface area contributed by atoms with Crippen molar-refractivity contribution in [2.75, 3.05) is 26.3 Å². The third kappa shape index (κ3) is 2.56. The first-order valence-corrected chi connectivity index (χ1v) is 9.63. The highest BCUT2D eigenvalue weighted by atomic mass is 79.9. The summed E-state index contributed by atoms with van der Waals surface area (Å²) in [5.74, 6) is 0.150. The lowest BCUT2D eigenvalue weighted by atomic mass is 9.88. The monoisotopic (exact) mass is 411 g/mol. The van der Waals surface area contributed by atoms with Gasteiger partial charge in [-0.1, -0.05) is 22.0 Å². The lowest BCUT2D eigenvalue weighted by Crippen LogP contribution is -2.36. The Balaban J connectivity index is 1.54. The fourth-order valence-corrected chi connectivity index (χ4v) is 4.56. The van der Waals surface area contributed by atoms with Gasteiger partial charge >= 0.3 is 0 Å². The molecule has 132 valence electrons. The quantitative estimate of drug-likeness (QED) is 0.819. The Kier molecular flexibility index (Phi) is 3.83. The first-order chi connectivity index (χ1) is 12.7. The average molecular weight is 412 g/mol. The number of ketones is 1. The summed E-state index contributed by atoms with van der Waals surface area (Å²) >= 11 is 3.60. The molecule has 6 heteroatoms. The van der Waals surface area contributed by atoms with Gasteiger partial charge in [-0.2, -0.15) is 5.10 Å². The van der Waals surface area contributed by atoms with E-state index in [-0.39, 0.29) is 5.78 Å². The Morgan fingerprint density at radius 1 is 1.19 bits per heavy atom. The van der Waals surface area contributed by atoms with E-state index in [1.54, 1.807) is 0 Å². The van der Waals surface area contributed by atoms with Gasteiger partial charge in [-0.15, -0.1) is 0 Å². The second-order valence-corrected chi connectivity index (χ2v) is 7.76. The molecule has 0 unspecified atom stereocenters.